The second-order valence-electron chi connectivity index (χ2n) is 4.93. The van der Waals surface area contributed by atoms with E-state index in [-0.39, 0.29) is 4.90 Å². The molecule has 0 saturated heterocycles. The van der Waals surface area contributed by atoms with Gasteiger partial charge in [0.25, 0.3) is 0 Å². The predicted octanol–water partition coefficient (Wildman–Crippen LogP) is 2.27. The number of benzene rings is 2. The normalized spacial score (nSPS) is 19.1. The third-order valence-corrected chi connectivity index (χ3v) is 4.84. The summed E-state index contributed by atoms with van der Waals surface area (Å²) in [6.07, 6.45) is -0.544. The summed E-state index contributed by atoms with van der Waals surface area (Å²) < 4.78 is 27.3. The number of fused-ring (bicyclic) bond motifs is 1. The van der Waals surface area contributed by atoms with Gasteiger partial charge in [0.1, 0.15) is 11.1 Å². The van der Waals surface area contributed by atoms with Crippen molar-refractivity contribution in [1.29, 1.82) is 5.26 Å². The van der Waals surface area contributed by atoms with E-state index in [0.29, 0.717) is 11.3 Å². The summed E-state index contributed by atoms with van der Waals surface area (Å²) in [5, 5.41) is 12.0. The summed E-state index contributed by atoms with van der Waals surface area (Å²) >= 11 is 0. The van der Waals surface area contributed by atoms with Crippen molar-refractivity contribution >= 4 is 15.7 Å². The van der Waals surface area contributed by atoms with Crippen molar-refractivity contribution in [2.24, 2.45) is 0 Å². The highest BCUT2D eigenvalue weighted by Crippen LogP contribution is 2.31. The maximum absolute atomic E-state index is 12.3. The van der Waals surface area contributed by atoms with Crippen LogP contribution in [0.3, 0.4) is 0 Å². The Morgan fingerprint density at radius 2 is 1.86 bits per heavy atom. The van der Waals surface area contributed by atoms with Crippen LogP contribution in [0.15, 0.2) is 47.4 Å². The molecule has 2 aromatic carbocycles. The molecule has 2 aromatic rings. The Balaban J connectivity index is 2.01. The van der Waals surface area contributed by atoms with Gasteiger partial charge in [-0.1, -0.05) is 18.2 Å². The van der Waals surface area contributed by atoms with Crippen LogP contribution in [0.25, 0.3) is 0 Å². The van der Waals surface area contributed by atoms with Crippen molar-refractivity contribution in [2.75, 3.05) is 5.32 Å². The third-order valence-electron chi connectivity index (χ3n) is 3.37. The van der Waals surface area contributed by atoms with Gasteiger partial charge in [-0.25, -0.2) is 8.42 Å². The zero-order valence-corrected chi connectivity index (χ0v) is 12.1. The SMILES string of the molecule is Cc1ccc2c(c1)S(=O)(=O)NC(c1ccc(C#N)cc1)N2. The minimum Gasteiger partial charge on any atom is -0.364 e. The zero-order chi connectivity index (χ0) is 15.0. The number of nitrogens with zero attached hydrogens (tertiary/aromatic N) is 1. The first-order valence-corrected chi connectivity index (χ1v) is 7.87. The lowest BCUT2D eigenvalue weighted by molar-refractivity contribution is 0.562. The lowest BCUT2D eigenvalue weighted by atomic mass is 10.1. The third kappa shape index (κ3) is 2.49. The van der Waals surface area contributed by atoms with E-state index in [2.05, 4.69) is 10.0 Å². The molecule has 0 radical (unpaired) electrons. The van der Waals surface area contributed by atoms with Crippen molar-refractivity contribution in [2.45, 2.75) is 18.0 Å². The first-order valence-electron chi connectivity index (χ1n) is 6.39. The van der Waals surface area contributed by atoms with Gasteiger partial charge in [0.05, 0.1) is 17.3 Å². The van der Waals surface area contributed by atoms with Gasteiger partial charge in [-0.3, -0.25) is 0 Å². The monoisotopic (exact) mass is 299 g/mol. The number of nitrogens with one attached hydrogen (secondary N) is 2. The quantitative estimate of drug-likeness (QED) is 0.846. The van der Waals surface area contributed by atoms with E-state index >= 15 is 0 Å². The predicted molar refractivity (Wildman–Crippen MR) is 79.0 cm³/mol. The van der Waals surface area contributed by atoms with E-state index < -0.39 is 16.2 Å². The van der Waals surface area contributed by atoms with E-state index in [9.17, 15) is 8.42 Å². The summed E-state index contributed by atoms with van der Waals surface area (Å²) in [7, 11) is -3.56. The molecule has 0 aromatic heterocycles. The van der Waals surface area contributed by atoms with Crippen LogP contribution < -0.4 is 10.0 Å². The molecule has 106 valence electrons. The molecular weight excluding hydrogens is 286 g/mol. The van der Waals surface area contributed by atoms with Crippen LogP contribution in [-0.2, 0) is 10.0 Å². The van der Waals surface area contributed by atoms with Crippen LogP contribution in [0, 0.1) is 18.3 Å². The van der Waals surface area contributed by atoms with Crippen molar-refractivity contribution in [3.8, 4) is 6.07 Å². The van der Waals surface area contributed by atoms with Gasteiger partial charge in [0, 0.05) is 0 Å². The minimum atomic E-state index is -3.56. The zero-order valence-electron chi connectivity index (χ0n) is 11.3. The second kappa shape index (κ2) is 4.88. The Morgan fingerprint density at radius 3 is 2.52 bits per heavy atom. The summed E-state index contributed by atoms with van der Waals surface area (Å²) in [6, 6.07) is 14.1. The Hall–Kier alpha value is -2.36. The maximum atomic E-state index is 12.3. The fourth-order valence-corrected chi connectivity index (χ4v) is 3.67. The Bertz CT molecular complexity index is 836. The molecular formula is C15H13N3O2S. The largest absolute Gasteiger partial charge is 0.364 e. The fourth-order valence-electron chi connectivity index (χ4n) is 2.28. The Kier molecular flexibility index (Phi) is 3.16. The van der Waals surface area contributed by atoms with Crippen molar-refractivity contribution in [1.82, 2.24) is 4.72 Å². The van der Waals surface area contributed by atoms with Crippen molar-refractivity contribution in [3.05, 3.63) is 59.2 Å². The van der Waals surface area contributed by atoms with Crippen molar-refractivity contribution in [3.63, 3.8) is 0 Å². The molecule has 1 atom stereocenters. The van der Waals surface area contributed by atoms with E-state index in [1.54, 1.807) is 36.4 Å². The molecule has 0 fully saturated rings. The minimum absolute atomic E-state index is 0.257. The Morgan fingerprint density at radius 1 is 1.14 bits per heavy atom. The number of aryl methyl sites for hydroxylation is 1. The average molecular weight is 299 g/mol. The highest BCUT2D eigenvalue weighted by molar-refractivity contribution is 7.89. The maximum Gasteiger partial charge on any atom is 0.244 e. The first kappa shape index (κ1) is 13.6. The lowest BCUT2D eigenvalue weighted by Gasteiger charge is -2.28. The van der Waals surface area contributed by atoms with Crippen LogP contribution in [0.1, 0.15) is 22.9 Å². The molecule has 1 aliphatic heterocycles. The Labute approximate surface area is 123 Å². The van der Waals surface area contributed by atoms with Crippen LogP contribution in [-0.4, -0.2) is 8.42 Å². The van der Waals surface area contributed by atoms with Gasteiger partial charge in [0.2, 0.25) is 10.0 Å². The van der Waals surface area contributed by atoms with Gasteiger partial charge in [-0.15, -0.1) is 0 Å². The molecule has 2 N–H and O–H groups in total. The molecule has 1 unspecified atom stereocenters. The topological polar surface area (TPSA) is 82.0 Å². The van der Waals surface area contributed by atoms with Gasteiger partial charge in [-0.2, -0.15) is 9.98 Å². The van der Waals surface area contributed by atoms with Gasteiger partial charge in [0.15, 0.2) is 0 Å². The van der Waals surface area contributed by atoms with E-state index in [1.165, 1.54) is 0 Å². The molecule has 6 heteroatoms. The molecule has 0 spiro atoms. The molecule has 0 aliphatic carbocycles. The van der Waals surface area contributed by atoms with E-state index in [1.807, 2.05) is 19.1 Å². The molecule has 3 rings (SSSR count). The molecule has 0 saturated carbocycles. The van der Waals surface area contributed by atoms with Gasteiger partial charge < -0.3 is 5.32 Å². The number of anilines is 1. The van der Waals surface area contributed by atoms with Crippen LogP contribution >= 0.6 is 0 Å². The molecule has 0 amide bonds. The fraction of sp³-hybridized carbons (Fsp3) is 0.133. The molecule has 1 heterocycles. The summed E-state index contributed by atoms with van der Waals surface area (Å²) in [4.78, 5) is 0.257. The number of hydrogen-bond donors (Lipinski definition) is 2. The average Bonchev–Trinajstić information content (AvgIpc) is 2.47. The molecule has 1 aliphatic rings. The van der Waals surface area contributed by atoms with Crippen LogP contribution in [0.5, 0.6) is 0 Å². The summed E-state index contributed by atoms with van der Waals surface area (Å²) in [6.45, 7) is 1.85. The molecule has 0 bridgehead atoms. The van der Waals surface area contributed by atoms with Crippen LogP contribution in [0.2, 0.25) is 0 Å². The van der Waals surface area contributed by atoms with E-state index in [4.69, 9.17) is 5.26 Å². The second-order valence-corrected chi connectivity index (χ2v) is 6.61. The number of sulfonamides is 1. The number of rotatable bonds is 1. The molecule has 5 nitrogen and oxygen atoms in total. The van der Waals surface area contributed by atoms with E-state index in [0.717, 1.165) is 11.1 Å². The highest BCUT2D eigenvalue weighted by atomic mass is 32.2. The van der Waals surface area contributed by atoms with Crippen molar-refractivity contribution < 1.29 is 8.42 Å². The highest BCUT2D eigenvalue weighted by Gasteiger charge is 2.29. The molecule has 21 heavy (non-hydrogen) atoms. The number of nitriles is 1. The van der Waals surface area contributed by atoms with Crippen LogP contribution in [0.4, 0.5) is 5.69 Å². The lowest BCUT2D eigenvalue weighted by Crippen LogP contribution is -2.38. The first-order chi connectivity index (χ1) is 9.99. The smallest absolute Gasteiger partial charge is 0.244 e. The summed E-state index contributed by atoms with van der Waals surface area (Å²) in [5.41, 5.74) is 2.75. The standard InChI is InChI=1S/C15H13N3O2S/c1-10-2-7-13-14(8-10)21(19,20)18-15(17-13)12-5-3-11(9-16)4-6-12/h2-8,15,17-18H,1H3. The summed E-state index contributed by atoms with van der Waals surface area (Å²) in [5.74, 6) is 0. The van der Waals surface area contributed by atoms with Gasteiger partial charge >= 0.3 is 0 Å². The van der Waals surface area contributed by atoms with Gasteiger partial charge in [-0.05, 0) is 42.3 Å². The number of hydrogen-bond acceptors (Lipinski definition) is 4.